The highest BCUT2D eigenvalue weighted by atomic mass is 19.1. The number of hydrogen-bond donors (Lipinski definition) is 0. The Balaban J connectivity index is 1.72. The topological polar surface area (TPSA) is 51.4 Å². The van der Waals surface area contributed by atoms with Gasteiger partial charge in [0.2, 0.25) is 5.89 Å². The first kappa shape index (κ1) is 17.0. The third-order valence-electron chi connectivity index (χ3n) is 4.36. The van der Waals surface area contributed by atoms with E-state index in [0.717, 1.165) is 12.1 Å². The van der Waals surface area contributed by atoms with Gasteiger partial charge in [0.1, 0.15) is 5.82 Å². The molecule has 0 aliphatic carbocycles. The molecule has 1 aromatic carbocycles. The lowest BCUT2D eigenvalue weighted by Crippen LogP contribution is -2.40. The van der Waals surface area contributed by atoms with Crippen LogP contribution in [0.2, 0.25) is 0 Å². The Morgan fingerprint density at radius 2 is 1.96 bits per heavy atom. The molecule has 2 atom stereocenters. The fourth-order valence-corrected chi connectivity index (χ4v) is 2.77. The zero-order valence-corrected chi connectivity index (χ0v) is 14.6. The molecule has 2 aromatic rings. The van der Waals surface area contributed by atoms with E-state index in [0.29, 0.717) is 24.9 Å². The third kappa shape index (κ3) is 3.65. The number of halogens is 1. The molecular weight excluding hydrogens is 309 g/mol. The fourth-order valence-electron chi connectivity index (χ4n) is 2.77. The van der Waals surface area contributed by atoms with Crippen LogP contribution in [0.15, 0.2) is 28.8 Å². The quantitative estimate of drug-likeness (QED) is 0.858. The second kappa shape index (κ2) is 6.61. The largest absolute Gasteiger partial charge is 0.371 e. The first-order chi connectivity index (χ1) is 11.3. The van der Waals surface area contributed by atoms with Crippen LogP contribution in [-0.2, 0) is 10.2 Å². The predicted molar refractivity (Wildman–Crippen MR) is 88.1 cm³/mol. The SMILES string of the molecule is C[C@@H](c1nc(C(C)(C)C)no1)N1CCO[C@H](c2ccc(F)cc2)C1. The minimum Gasteiger partial charge on any atom is -0.371 e. The van der Waals surface area contributed by atoms with Crippen molar-refractivity contribution in [1.29, 1.82) is 0 Å². The van der Waals surface area contributed by atoms with Gasteiger partial charge >= 0.3 is 0 Å². The summed E-state index contributed by atoms with van der Waals surface area (Å²) in [5.41, 5.74) is 0.845. The monoisotopic (exact) mass is 333 g/mol. The van der Waals surface area contributed by atoms with Gasteiger partial charge in [-0.3, -0.25) is 4.90 Å². The highest BCUT2D eigenvalue weighted by Crippen LogP contribution is 2.29. The van der Waals surface area contributed by atoms with E-state index < -0.39 is 0 Å². The Labute approximate surface area is 141 Å². The Hall–Kier alpha value is -1.79. The Morgan fingerprint density at radius 3 is 2.58 bits per heavy atom. The van der Waals surface area contributed by atoms with Crippen molar-refractivity contribution in [3.05, 3.63) is 47.4 Å². The van der Waals surface area contributed by atoms with Crippen LogP contribution in [0.5, 0.6) is 0 Å². The van der Waals surface area contributed by atoms with Gasteiger partial charge in [-0.1, -0.05) is 38.1 Å². The van der Waals surface area contributed by atoms with Crippen LogP contribution in [0, 0.1) is 5.82 Å². The van der Waals surface area contributed by atoms with Crippen molar-refractivity contribution >= 4 is 0 Å². The molecule has 0 spiro atoms. The summed E-state index contributed by atoms with van der Waals surface area (Å²) in [5, 5.41) is 4.10. The van der Waals surface area contributed by atoms with Gasteiger partial charge in [-0.05, 0) is 24.6 Å². The van der Waals surface area contributed by atoms with Crippen molar-refractivity contribution < 1.29 is 13.7 Å². The Morgan fingerprint density at radius 1 is 1.25 bits per heavy atom. The summed E-state index contributed by atoms with van der Waals surface area (Å²) < 4.78 is 24.4. The van der Waals surface area contributed by atoms with E-state index in [1.807, 2.05) is 0 Å². The molecule has 130 valence electrons. The number of rotatable bonds is 3. The Kier molecular flexibility index (Phi) is 4.69. The summed E-state index contributed by atoms with van der Waals surface area (Å²) in [6.07, 6.45) is -0.0770. The van der Waals surface area contributed by atoms with Crippen molar-refractivity contribution in [3.63, 3.8) is 0 Å². The lowest BCUT2D eigenvalue weighted by atomic mass is 9.96. The summed E-state index contributed by atoms with van der Waals surface area (Å²) in [4.78, 5) is 6.82. The van der Waals surface area contributed by atoms with E-state index in [2.05, 4.69) is 42.7 Å². The van der Waals surface area contributed by atoms with E-state index in [-0.39, 0.29) is 23.4 Å². The molecule has 0 unspecified atom stereocenters. The van der Waals surface area contributed by atoms with Crippen molar-refractivity contribution in [2.45, 2.75) is 45.3 Å². The van der Waals surface area contributed by atoms with Crippen LogP contribution in [-0.4, -0.2) is 34.7 Å². The van der Waals surface area contributed by atoms with Gasteiger partial charge in [0.15, 0.2) is 5.82 Å². The van der Waals surface area contributed by atoms with Gasteiger partial charge in [0, 0.05) is 18.5 Å². The van der Waals surface area contributed by atoms with Gasteiger partial charge in [-0.25, -0.2) is 4.39 Å². The van der Waals surface area contributed by atoms with Gasteiger partial charge < -0.3 is 9.26 Å². The molecule has 2 heterocycles. The van der Waals surface area contributed by atoms with Crippen LogP contribution in [0.3, 0.4) is 0 Å². The zero-order valence-electron chi connectivity index (χ0n) is 14.6. The smallest absolute Gasteiger partial charge is 0.243 e. The number of nitrogens with zero attached hydrogens (tertiary/aromatic N) is 3. The standard InChI is InChI=1S/C18H24FN3O2/c1-12(16-20-17(21-24-16)18(2,3)4)22-9-10-23-15(11-22)13-5-7-14(19)8-6-13/h5-8,12,15H,9-11H2,1-4H3/t12-,15-/m0/s1. The third-order valence-corrected chi connectivity index (χ3v) is 4.36. The number of benzene rings is 1. The van der Waals surface area contributed by atoms with E-state index in [4.69, 9.17) is 9.26 Å². The average Bonchev–Trinajstić information content (AvgIpc) is 3.05. The van der Waals surface area contributed by atoms with Crippen LogP contribution in [0.25, 0.3) is 0 Å². The normalized spacial score (nSPS) is 21.0. The molecule has 0 radical (unpaired) electrons. The van der Waals surface area contributed by atoms with Gasteiger partial charge in [-0.15, -0.1) is 0 Å². The lowest BCUT2D eigenvalue weighted by molar-refractivity contribution is -0.0469. The summed E-state index contributed by atoms with van der Waals surface area (Å²) in [7, 11) is 0. The second-order valence-electron chi connectivity index (χ2n) is 7.29. The number of ether oxygens (including phenoxy) is 1. The fraction of sp³-hybridized carbons (Fsp3) is 0.556. The maximum atomic E-state index is 13.1. The Bertz CT molecular complexity index is 678. The molecule has 0 saturated carbocycles. The van der Waals surface area contributed by atoms with E-state index in [1.165, 1.54) is 12.1 Å². The molecule has 1 aromatic heterocycles. The molecule has 5 nitrogen and oxygen atoms in total. The van der Waals surface area contributed by atoms with E-state index >= 15 is 0 Å². The van der Waals surface area contributed by atoms with Crippen molar-refractivity contribution in [2.75, 3.05) is 19.7 Å². The minimum atomic E-state index is -0.236. The molecule has 0 N–H and O–H groups in total. The summed E-state index contributed by atoms with van der Waals surface area (Å²) in [6.45, 7) is 10.4. The molecular formula is C18H24FN3O2. The van der Waals surface area contributed by atoms with E-state index in [9.17, 15) is 4.39 Å². The van der Waals surface area contributed by atoms with Crippen LogP contribution < -0.4 is 0 Å². The second-order valence-corrected chi connectivity index (χ2v) is 7.29. The first-order valence-corrected chi connectivity index (χ1v) is 8.30. The number of aromatic nitrogens is 2. The molecule has 1 aliphatic heterocycles. The summed E-state index contributed by atoms with van der Waals surface area (Å²) >= 11 is 0. The van der Waals surface area contributed by atoms with Crippen LogP contribution in [0.4, 0.5) is 4.39 Å². The molecule has 1 aliphatic rings. The lowest BCUT2D eigenvalue weighted by Gasteiger charge is -2.35. The maximum absolute atomic E-state index is 13.1. The molecule has 24 heavy (non-hydrogen) atoms. The molecule has 1 fully saturated rings. The summed E-state index contributed by atoms with van der Waals surface area (Å²) in [5.74, 6) is 1.10. The highest BCUT2D eigenvalue weighted by Gasteiger charge is 2.30. The predicted octanol–water partition coefficient (Wildman–Crippen LogP) is 3.64. The van der Waals surface area contributed by atoms with Crippen LogP contribution >= 0.6 is 0 Å². The van der Waals surface area contributed by atoms with Crippen LogP contribution in [0.1, 0.15) is 57.1 Å². The van der Waals surface area contributed by atoms with Crippen molar-refractivity contribution in [1.82, 2.24) is 15.0 Å². The molecule has 1 saturated heterocycles. The first-order valence-electron chi connectivity index (χ1n) is 8.30. The number of hydrogen-bond acceptors (Lipinski definition) is 5. The molecule has 0 bridgehead atoms. The number of morpholine rings is 1. The van der Waals surface area contributed by atoms with Gasteiger partial charge in [0.05, 0.1) is 18.8 Å². The van der Waals surface area contributed by atoms with Gasteiger partial charge in [-0.2, -0.15) is 4.98 Å². The molecule has 0 amide bonds. The van der Waals surface area contributed by atoms with Gasteiger partial charge in [0.25, 0.3) is 0 Å². The summed E-state index contributed by atoms with van der Waals surface area (Å²) in [6, 6.07) is 6.50. The highest BCUT2D eigenvalue weighted by molar-refractivity contribution is 5.19. The molecule has 3 rings (SSSR count). The molecule has 6 heteroatoms. The van der Waals surface area contributed by atoms with Crippen molar-refractivity contribution in [2.24, 2.45) is 0 Å². The zero-order chi connectivity index (χ0) is 17.3. The minimum absolute atomic E-state index is 0.0143. The average molecular weight is 333 g/mol. The van der Waals surface area contributed by atoms with Crippen molar-refractivity contribution in [3.8, 4) is 0 Å². The maximum Gasteiger partial charge on any atom is 0.243 e. The van der Waals surface area contributed by atoms with E-state index in [1.54, 1.807) is 12.1 Å².